The third kappa shape index (κ3) is 4.22. The van der Waals surface area contributed by atoms with Gasteiger partial charge in [0, 0.05) is 37.2 Å². The molecule has 3 rings (SSSR count). The molecule has 0 aromatic heterocycles. The van der Waals surface area contributed by atoms with E-state index in [2.05, 4.69) is 0 Å². The standard InChI is InChI=1S/C25H32O4/c1-14-7-8-16(15(2)9-14)21(22-17(26)10-24(3,4)11-18(22)27)23-19(28)12-25(5,6)13-20(23)29/h7-9,21-22,28H,10-13H2,1-6H3. The van der Waals surface area contributed by atoms with Crippen molar-refractivity contribution in [3.8, 4) is 0 Å². The van der Waals surface area contributed by atoms with Gasteiger partial charge in [0.15, 0.2) is 5.78 Å². The molecule has 1 N–H and O–H groups in total. The van der Waals surface area contributed by atoms with Gasteiger partial charge in [-0.2, -0.15) is 0 Å². The van der Waals surface area contributed by atoms with E-state index in [1.54, 1.807) is 0 Å². The van der Waals surface area contributed by atoms with Crippen molar-refractivity contribution >= 4 is 17.3 Å². The van der Waals surface area contributed by atoms with Gasteiger partial charge in [-0.25, -0.2) is 0 Å². The summed E-state index contributed by atoms with van der Waals surface area (Å²) in [6, 6.07) is 5.84. The van der Waals surface area contributed by atoms with Crippen molar-refractivity contribution in [2.24, 2.45) is 16.7 Å². The van der Waals surface area contributed by atoms with Crippen molar-refractivity contribution in [1.82, 2.24) is 0 Å². The lowest BCUT2D eigenvalue weighted by molar-refractivity contribution is -0.140. The van der Waals surface area contributed by atoms with E-state index < -0.39 is 11.8 Å². The number of aliphatic hydroxyl groups is 1. The Bertz CT molecular complexity index is 897. The summed E-state index contributed by atoms with van der Waals surface area (Å²) >= 11 is 0. The maximum Gasteiger partial charge on any atom is 0.163 e. The topological polar surface area (TPSA) is 71.4 Å². The van der Waals surface area contributed by atoms with Crippen LogP contribution in [0, 0.1) is 30.6 Å². The quantitative estimate of drug-likeness (QED) is 0.716. The molecule has 1 fully saturated rings. The van der Waals surface area contributed by atoms with Gasteiger partial charge in [0.25, 0.3) is 0 Å². The molecule has 0 radical (unpaired) electrons. The van der Waals surface area contributed by atoms with Crippen LogP contribution >= 0.6 is 0 Å². The molecule has 1 saturated carbocycles. The molecule has 0 saturated heterocycles. The SMILES string of the molecule is Cc1ccc(C(C2=C(O)CC(C)(C)CC2=O)C2C(=O)CC(C)(C)CC2=O)c(C)c1. The number of carbonyl (C=O) groups is 3. The van der Waals surface area contributed by atoms with Gasteiger partial charge in [0.2, 0.25) is 0 Å². The average Bonchev–Trinajstić information content (AvgIpc) is 2.50. The highest BCUT2D eigenvalue weighted by Gasteiger charge is 2.48. The lowest BCUT2D eigenvalue weighted by Crippen LogP contribution is -2.43. The first-order valence-corrected chi connectivity index (χ1v) is 10.4. The van der Waals surface area contributed by atoms with Crippen LogP contribution in [0.25, 0.3) is 0 Å². The van der Waals surface area contributed by atoms with Crippen LogP contribution in [0.3, 0.4) is 0 Å². The van der Waals surface area contributed by atoms with E-state index in [0.29, 0.717) is 25.7 Å². The molecule has 0 heterocycles. The van der Waals surface area contributed by atoms with Crippen LogP contribution in [0.5, 0.6) is 0 Å². The first kappa shape index (κ1) is 21.5. The van der Waals surface area contributed by atoms with E-state index in [-0.39, 0.29) is 39.5 Å². The second-order valence-electron chi connectivity index (χ2n) is 10.6. The molecule has 1 atom stereocenters. The molecular formula is C25H32O4. The summed E-state index contributed by atoms with van der Waals surface area (Å²) in [5.41, 5.74) is 2.35. The van der Waals surface area contributed by atoms with Gasteiger partial charge < -0.3 is 5.11 Å². The number of hydrogen-bond acceptors (Lipinski definition) is 4. The summed E-state index contributed by atoms with van der Waals surface area (Å²) in [6.07, 6.45) is 1.28. The fourth-order valence-corrected chi connectivity index (χ4v) is 5.11. The van der Waals surface area contributed by atoms with E-state index in [4.69, 9.17) is 0 Å². The maximum absolute atomic E-state index is 13.2. The Labute approximate surface area is 173 Å². The number of aliphatic hydroxyl groups excluding tert-OH is 1. The van der Waals surface area contributed by atoms with E-state index >= 15 is 0 Å². The van der Waals surface area contributed by atoms with Gasteiger partial charge in [-0.15, -0.1) is 0 Å². The third-order valence-corrected chi connectivity index (χ3v) is 6.30. The number of hydrogen-bond donors (Lipinski definition) is 1. The van der Waals surface area contributed by atoms with Crippen LogP contribution in [-0.2, 0) is 14.4 Å². The smallest absolute Gasteiger partial charge is 0.163 e. The number of allylic oxidation sites excluding steroid dienone is 2. The molecule has 0 aliphatic heterocycles. The fourth-order valence-electron chi connectivity index (χ4n) is 5.11. The minimum Gasteiger partial charge on any atom is -0.512 e. The molecule has 2 aliphatic carbocycles. The Kier molecular flexibility index (Phi) is 5.35. The summed E-state index contributed by atoms with van der Waals surface area (Å²) in [4.78, 5) is 39.5. The Morgan fingerprint density at radius 3 is 1.97 bits per heavy atom. The van der Waals surface area contributed by atoms with Crippen LogP contribution in [0.2, 0.25) is 0 Å². The minimum absolute atomic E-state index is 0.0293. The van der Waals surface area contributed by atoms with Gasteiger partial charge >= 0.3 is 0 Å². The van der Waals surface area contributed by atoms with Gasteiger partial charge in [0.1, 0.15) is 17.3 Å². The van der Waals surface area contributed by atoms with E-state index in [1.165, 1.54) is 0 Å². The molecule has 29 heavy (non-hydrogen) atoms. The lowest BCUT2D eigenvalue weighted by Gasteiger charge is -2.39. The number of aryl methyl sites for hydroxylation is 2. The first-order valence-electron chi connectivity index (χ1n) is 10.4. The molecule has 1 unspecified atom stereocenters. The third-order valence-electron chi connectivity index (χ3n) is 6.30. The second-order valence-corrected chi connectivity index (χ2v) is 10.6. The zero-order chi connectivity index (χ0) is 21.7. The second kappa shape index (κ2) is 7.23. The highest BCUT2D eigenvalue weighted by atomic mass is 16.3. The van der Waals surface area contributed by atoms with Gasteiger partial charge in [-0.3, -0.25) is 14.4 Å². The summed E-state index contributed by atoms with van der Waals surface area (Å²) in [6.45, 7) is 11.7. The fraction of sp³-hybridized carbons (Fsp3) is 0.560. The largest absolute Gasteiger partial charge is 0.512 e. The van der Waals surface area contributed by atoms with Crippen molar-refractivity contribution in [2.45, 2.75) is 73.1 Å². The molecule has 1 aromatic rings. The Morgan fingerprint density at radius 2 is 1.45 bits per heavy atom. The Hall–Kier alpha value is -2.23. The summed E-state index contributed by atoms with van der Waals surface area (Å²) in [5, 5.41) is 10.9. The first-order chi connectivity index (χ1) is 13.3. The minimum atomic E-state index is -0.910. The van der Waals surface area contributed by atoms with Crippen molar-refractivity contribution in [3.05, 3.63) is 46.2 Å². The van der Waals surface area contributed by atoms with Crippen molar-refractivity contribution in [3.63, 3.8) is 0 Å². The number of rotatable bonds is 3. The van der Waals surface area contributed by atoms with Gasteiger partial charge in [-0.1, -0.05) is 51.5 Å². The predicted octanol–water partition coefficient (Wildman–Crippen LogP) is 5.16. The van der Waals surface area contributed by atoms with Crippen LogP contribution in [0.4, 0.5) is 0 Å². The highest BCUT2D eigenvalue weighted by Crippen LogP contribution is 2.48. The number of Topliss-reactive ketones (excluding diaryl/α,β-unsaturated/α-hetero) is 3. The maximum atomic E-state index is 13.2. The van der Waals surface area contributed by atoms with Crippen LogP contribution in [0.15, 0.2) is 29.5 Å². The molecule has 0 spiro atoms. The van der Waals surface area contributed by atoms with E-state index in [9.17, 15) is 19.5 Å². The lowest BCUT2D eigenvalue weighted by atomic mass is 9.62. The molecule has 0 amide bonds. The van der Waals surface area contributed by atoms with Gasteiger partial charge in [0.05, 0.1) is 5.92 Å². The number of ketones is 3. The van der Waals surface area contributed by atoms with Crippen LogP contribution in [0.1, 0.15) is 76.0 Å². The number of carbonyl (C=O) groups excluding carboxylic acids is 3. The zero-order valence-electron chi connectivity index (χ0n) is 18.4. The van der Waals surface area contributed by atoms with Crippen molar-refractivity contribution in [2.75, 3.05) is 0 Å². The highest BCUT2D eigenvalue weighted by molar-refractivity contribution is 6.09. The summed E-state index contributed by atoms with van der Waals surface area (Å²) in [7, 11) is 0. The molecule has 1 aromatic carbocycles. The molecule has 4 nitrogen and oxygen atoms in total. The predicted molar refractivity (Wildman–Crippen MR) is 113 cm³/mol. The molecule has 156 valence electrons. The zero-order valence-corrected chi connectivity index (χ0v) is 18.4. The Balaban J connectivity index is 2.20. The van der Waals surface area contributed by atoms with Gasteiger partial charge in [-0.05, 0) is 35.8 Å². The molecular weight excluding hydrogens is 364 g/mol. The summed E-state index contributed by atoms with van der Waals surface area (Å²) in [5.74, 6) is -2.01. The summed E-state index contributed by atoms with van der Waals surface area (Å²) < 4.78 is 0. The Morgan fingerprint density at radius 1 is 0.897 bits per heavy atom. The van der Waals surface area contributed by atoms with Crippen molar-refractivity contribution in [1.29, 1.82) is 0 Å². The molecule has 4 heteroatoms. The molecule has 0 bridgehead atoms. The molecule has 2 aliphatic rings. The average molecular weight is 397 g/mol. The van der Waals surface area contributed by atoms with Crippen LogP contribution in [-0.4, -0.2) is 22.5 Å². The van der Waals surface area contributed by atoms with Crippen molar-refractivity contribution < 1.29 is 19.5 Å². The van der Waals surface area contributed by atoms with Crippen LogP contribution < -0.4 is 0 Å². The van der Waals surface area contributed by atoms with E-state index in [0.717, 1.165) is 16.7 Å². The monoisotopic (exact) mass is 396 g/mol. The normalized spacial score (nSPS) is 23.4. The number of benzene rings is 1. The van der Waals surface area contributed by atoms with E-state index in [1.807, 2.05) is 59.7 Å².